The molecule has 0 aliphatic heterocycles. The molecule has 0 aromatic heterocycles. The molecule has 72 valence electrons. The molecule has 0 amide bonds. The summed E-state index contributed by atoms with van der Waals surface area (Å²) in [5.41, 5.74) is 1.61. The van der Waals surface area contributed by atoms with Gasteiger partial charge in [-0.25, -0.2) is 0 Å². The van der Waals surface area contributed by atoms with E-state index in [9.17, 15) is 9.59 Å². The Hall–Kier alpha value is -1.09. The van der Waals surface area contributed by atoms with E-state index in [0.717, 1.165) is 17.3 Å². The molecule has 2 rings (SSSR count). The third-order valence-corrected chi connectivity index (χ3v) is 3.55. The molecule has 0 fully saturated rings. The minimum absolute atomic E-state index is 0.127. The van der Waals surface area contributed by atoms with E-state index in [1.165, 1.54) is 0 Å². The predicted molar refractivity (Wildman–Crippen MR) is 58.0 cm³/mol. The van der Waals surface area contributed by atoms with Crippen LogP contribution in [-0.2, 0) is 23.0 Å². The number of carbonyl (C=O) groups excluding carboxylic acids is 2. The highest BCUT2D eigenvalue weighted by Crippen LogP contribution is 2.20. The lowest BCUT2D eigenvalue weighted by molar-refractivity contribution is -0.114. The molecular weight excluding hydrogens is 196 g/mol. The first-order valence-electron chi connectivity index (χ1n) is 4.49. The summed E-state index contributed by atoms with van der Waals surface area (Å²) in [5.74, 6) is -0.543. The lowest BCUT2D eigenvalue weighted by Crippen LogP contribution is -2.36. The van der Waals surface area contributed by atoms with Crippen LogP contribution in [0.4, 0.5) is 0 Å². The molecule has 0 heterocycles. The Morgan fingerprint density at radius 1 is 1.29 bits per heavy atom. The summed E-state index contributed by atoms with van der Waals surface area (Å²) in [6, 6.07) is 7.37. The zero-order valence-electron chi connectivity index (χ0n) is 7.86. The second-order valence-electron chi connectivity index (χ2n) is 3.33. The van der Waals surface area contributed by atoms with Crippen LogP contribution in [0.3, 0.4) is 0 Å². The van der Waals surface area contributed by atoms with Crippen molar-refractivity contribution in [1.29, 1.82) is 0 Å². The van der Waals surface area contributed by atoms with Gasteiger partial charge in [-0.3, -0.25) is 9.59 Å². The number of Topliss-reactive ketones (excluding diaryl/α,β-unsaturated/α-hetero) is 2. The van der Waals surface area contributed by atoms with Gasteiger partial charge in [-0.15, -0.1) is 0 Å². The maximum atomic E-state index is 11.6. The highest BCUT2D eigenvalue weighted by Gasteiger charge is 2.36. The molecule has 14 heavy (non-hydrogen) atoms. The SMILES string of the molecule is C[SH+]C1Cc2ccccc2C(=O)C1=O. The molecule has 2 nitrogen and oxygen atoms in total. The van der Waals surface area contributed by atoms with Crippen LogP contribution in [0.15, 0.2) is 24.3 Å². The standard InChI is InChI=1S/C11H10O2S/c1-14-9-6-7-4-2-3-5-8(7)10(12)11(9)13/h2-5,9H,6H2,1H3/p+1. The lowest BCUT2D eigenvalue weighted by atomic mass is 9.89. The van der Waals surface area contributed by atoms with Gasteiger partial charge in [0.15, 0.2) is 5.25 Å². The van der Waals surface area contributed by atoms with Crippen molar-refractivity contribution in [3.8, 4) is 0 Å². The maximum Gasteiger partial charge on any atom is 0.255 e. The number of benzene rings is 1. The number of hydrogen-bond acceptors (Lipinski definition) is 2. The number of fused-ring (bicyclic) bond motifs is 1. The first-order valence-corrected chi connectivity index (χ1v) is 5.90. The van der Waals surface area contributed by atoms with Gasteiger partial charge in [0.1, 0.15) is 0 Å². The molecule has 0 radical (unpaired) electrons. The average molecular weight is 207 g/mol. The molecule has 1 aromatic carbocycles. The number of rotatable bonds is 1. The van der Waals surface area contributed by atoms with Crippen LogP contribution >= 0.6 is 0 Å². The summed E-state index contributed by atoms with van der Waals surface area (Å²) in [4.78, 5) is 23.2. The van der Waals surface area contributed by atoms with Crippen molar-refractivity contribution in [3.63, 3.8) is 0 Å². The molecule has 1 unspecified atom stereocenters. The van der Waals surface area contributed by atoms with Crippen LogP contribution in [0.5, 0.6) is 0 Å². The number of carbonyl (C=O) groups is 2. The van der Waals surface area contributed by atoms with Crippen molar-refractivity contribution in [2.75, 3.05) is 6.26 Å². The van der Waals surface area contributed by atoms with Crippen LogP contribution < -0.4 is 0 Å². The maximum absolute atomic E-state index is 11.6. The zero-order chi connectivity index (χ0) is 10.1. The largest absolute Gasteiger partial charge is 0.285 e. The third-order valence-electron chi connectivity index (χ3n) is 2.51. The van der Waals surface area contributed by atoms with Crippen LogP contribution in [-0.4, -0.2) is 23.1 Å². The number of hydrogen-bond donors (Lipinski definition) is 0. The predicted octanol–water partition coefficient (Wildman–Crippen LogP) is 0.808. The van der Waals surface area contributed by atoms with Crippen LogP contribution in [0.25, 0.3) is 0 Å². The first kappa shape index (κ1) is 9.46. The van der Waals surface area contributed by atoms with Gasteiger partial charge in [0.25, 0.3) is 5.78 Å². The van der Waals surface area contributed by atoms with Gasteiger partial charge < -0.3 is 0 Å². The van der Waals surface area contributed by atoms with Gasteiger partial charge in [0.05, 0.1) is 6.26 Å². The summed E-state index contributed by atoms with van der Waals surface area (Å²) in [5, 5.41) is -0.127. The van der Waals surface area contributed by atoms with Crippen molar-refractivity contribution in [2.24, 2.45) is 0 Å². The number of thiol groups is 1. The third kappa shape index (κ3) is 1.38. The molecule has 0 spiro atoms. The molecule has 0 saturated heterocycles. The quantitative estimate of drug-likeness (QED) is 0.388. The lowest BCUT2D eigenvalue weighted by Gasteiger charge is -2.16. The van der Waals surface area contributed by atoms with Gasteiger partial charge in [-0.05, 0) is 17.3 Å². The smallest absolute Gasteiger partial charge is 0.255 e. The Balaban J connectivity index is 2.48. The average Bonchev–Trinajstić information content (AvgIpc) is 2.23. The van der Waals surface area contributed by atoms with Crippen molar-refractivity contribution < 1.29 is 9.59 Å². The van der Waals surface area contributed by atoms with Gasteiger partial charge in [-0.2, -0.15) is 0 Å². The fourth-order valence-corrected chi connectivity index (χ4v) is 2.44. The topological polar surface area (TPSA) is 34.1 Å². The highest BCUT2D eigenvalue weighted by atomic mass is 32.2. The summed E-state index contributed by atoms with van der Waals surface area (Å²) >= 11 is 0.983. The minimum atomic E-state index is -0.314. The van der Waals surface area contributed by atoms with E-state index < -0.39 is 0 Å². The van der Waals surface area contributed by atoms with E-state index in [-0.39, 0.29) is 16.8 Å². The molecule has 1 aliphatic carbocycles. The second kappa shape index (κ2) is 3.58. The van der Waals surface area contributed by atoms with Crippen molar-refractivity contribution in [2.45, 2.75) is 11.7 Å². The molecule has 0 bridgehead atoms. The molecule has 1 aromatic rings. The molecule has 0 saturated carbocycles. The zero-order valence-corrected chi connectivity index (χ0v) is 8.75. The second-order valence-corrected chi connectivity index (χ2v) is 4.47. The summed E-state index contributed by atoms with van der Waals surface area (Å²) in [6.45, 7) is 0. The summed E-state index contributed by atoms with van der Waals surface area (Å²) < 4.78 is 0. The first-order chi connectivity index (χ1) is 6.74. The Labute approximate surface area is 86.7 Å². The fraction of sp³-hybridized carbons (Fsp3) is 0.273. The van der Waals surface area contributed by atoms with Gasteiger partial charge >= 0.3 is 0 Å². The van der Waals surface area contributed by atoms with Crippen molar-refractivity contribution in [3.05, 3.63) is 35.4 Å². The Kier molecular flexibility index (Phi) is 2.42. The van der Waals surface area contributed by atoms with E-state index in [2.05, 4.69) is 0 Å². The molecule has 1 aliphatic rings. The minimum Gasteiger partial charge on any atom is -0.285 e. The van der Waals surface area contributed by atoms with E-state index in [0.29, 0.717) is 12.0 Å². The van der Waals surface area contributed by atoms with E-state index in [1.807, 2.05) is 18.4 Å². The molecule has 0 N–H and O–H groups in total. The Morgan fingerprint density at radius 3 is 2.71 bits per heavy atom. The van der Waals surface area contributed by atoms with Crippen LogP contribution in [0.1, 0.15) is 15.9 Å². The summed E-state index contributed by atoms with van der Waals surface area (Å²) in [7, 11) is 0. The highest BCUT2D eigenvalue weighted by molar-refractivity contribution is 7.79. The van der Waals surface area contributed by atoms with Crippen LogP contribution in [0, 0.1) is 0 Å². The van der Waals surface area contributed by atoms with E-state index in [4.69, 9.17) is 0 Å². The monoisotopic (exact) mass is 207 g/mol. The normalized spacial score (nSPS) is 20.8. The molecule has 3 heteroatoms. The van der Waals surface area contributed by atoms with Crippen LogP contribution in [0.2, 0.25) is 0 Å². The fourth-order valence-electron chi connectivity index (χ4n) is 1.71. The molecular formula is C11H11O2S+. The van der Waals surface area contributed by atoms with Crippen molar-refractivity contribution >= 4 is 23.3 Å². The van der Waals surface area contributed by atoms with Gasteiger partial charge in [0.2, 0.25) is 5.78 Å². The number of ketones is 2. The van der Waals surface area contributed by atoms with Crippen molar-refractivity contribution in [1.82, 2.24) is 0 Å². The Bertz CT molecular complexity index is 398. The van der Waals surface area contributed by atoms with Gasteiger partial charge in [-0.1, -0.05) is 24.3 Å². The molecule has 1 atom stereocenters. The van der Waals surface area contributed by atoms with Gasteiger partial charge in [0, 0.05) is 12.0 Å². The summed E-state index contributed by atoms with van der Waals surface area (Å²) in [6.07, 6.45) is 2.63. The van der Waals surface area contributed by atoms with E-state index >= 15 is 0 Å². The van der Waals surface area contributed by atoms with E-state index in [1.54, 1.807) is 12.1 Å². The Morgan fingerprint density at radius 2 is 2.00 bits per heavy atom.